The summed E-state index contributed by atoms with van der Waals surface area (Å²) in [4.78, 5) is 42.2. The largest absolute Gasteiger partial charge is 0.414 e. The number of likely N-dealkylation sites (tertiary alicyclic amines) is 1. The number of nitrogens with zero attached hydrogens (tertiary/aromatic N) is 1. The highest BCUT2D eigenvalue weighted by molar-refractivity contribution is 6.74. The summed E-state index contributed by atoms with van der Waals surface area (Å²) in [7, 11) is -2.15. The van der Waals surface area contributed by atoms with E-state index >= 15 is 0 Å². The third-order valence-corrected chi connectivity index (χ3v) is 13.6. The van der Waals surface area contributed by atoms with Gasteiger partial charge in [0, 0.05) is 31.6 Å². The predicted octanol–water partition coefficient (Wildman–Crippen LogP) is 4.67. The number of carbonyl (C=O) groups is 3. The molecule has 4 N–H and O–H groups in total. The highest BCUT2D eigenvalue weighted by Gasteiger charge is 2.45. The van der Waals surface area contributed by atoms with Gasteiger partial charge in [-0.15, -0.1) is 6.42 Å². The van der Waals surface area contributed by atoms with E-state index in [1.165, 1.54) is 4.90 Å². The molecule has 0 saturated carbocycles. The van der Waals surface area contributed by atoms with Crippen LogP contribution in [0.15, 0.2) is 24.3 Å². The summed E-state index contributed by atoms with van der Waals surface area (Å²) >= 11 is 0. The molecular formula is C35H57N3O6Si. The van der Waals surface area contributed by atoms with Crippen LogP contribution in [0.25, 0.3) is 0 Å². The minimum atomic E-state index is -2.15. The van der Waals surface area contributed by atoms with Gasteiger partial charge in [-0.2, -0.15) is 0 Å². The Kier molecular flexibility index (Phi) is 14.3. The SMILES string of the molecule is C#Cc1ccc([C@H](CO[Si](C)(C)C(C)(C)C)NC(=O)[C@@H]2C[C@@H](O)CN2C(=O)C(NC(=O)CCCCCCCO)C(C)(C)C)cc1. The van der Waals surface area contributed by atoms with Crippen molar-refractivity contribution < 1.29 is 29.0 Å². The van der Waals surface area contributed by atoms with Gasteiger partial charge in [0.2, 0.25) is 17.7 Å². The predicted molar refractivity (Wildman–Crippen MR) is 181 cm³/mol. The monoisotopic (exact) mass is 643 g/mol. The van der Waals surface area contributed by atoms with Crippen LogP contribution >= 0.6 is 0 Å². The lowest BCUT2D eigenvalue weighted by molar-refractivity contribution is -0.144. The fraction of sp³-hybridized carbons (Fsp3) is 0.686. The van der Waals surface area contributed by atoms with Crippen LogP contribution in [0.4, 0.5) is 0 Å². The first-order chi connectivity index (χ1) is 20.9. The molecule has 1 heterocycles. The Morgan fingerprint density at radius 3 is 2.18 bits per heavy atom. The van der Waals surface area contributed by atoms with E-state index < -0.39 is 38.0 Å². The number of amides is 3. The van der Waals surface area contributed by atoms with Gasteiger partial charge in [0.05, 0.1) is 18.8 Å². The number of terminal acetylenes is 1. The van der Waals surface area contributed by atoms with E-state index in [9.17, 15) is 19.5 Å². The van der Waals surface area contributed by atoms with Crippen molar-refractivity contribution in [3.63, 3.8) is 0 Å². The minimum Gasteiger partial charge on any atom is -0.414 e. The number of unbranched alkanes of at least 4 members (excludes halogenated alkanes) is 4. The molecule has 4 atom stereocenters. The summed E-state index contributed by atoms with van der Waals surface area (Å²) in [6.07, 6.45) is 9.26. The first-order valence-corrected chi connectivity index (χ1v) is 19.2. The highest BCUT2D eigenvalue weighted by Crippen LogP contribution is 2.37. The summed E-state index contributed by atoms with van der Waals surface area (Å²) in [6.45, 7) is 16.8. The number of rotatable bonds is 15. The van der Waals surface area contributed by atoms with Crippen molar-refractivity contribution in [3.8, 4) is 12.3 Å². The van der Waals surface area contributed by atoms with Gasteiger partial charge in [-0.3, -0.25) is 14.4 Å². The maximum absolute atomic E-state index is 14.0. The number of β-amino-alcohol motifs (C(OH)–C–C–N with tert-alkyl or cyclic N) is 1. The Morgan fingerprint density at radius 2 is 1.62 bits per heavy atom. The maximum atomic E-state index is 14.0. The van der Waals surface area contributed by atoms with E-state index in [-0.39, 0.29) is 48.9 Å². The summed E-state index contributed by atoms with van der Waals surface area (Å²) in [5.74, 6) is 1.63. The molecule has 45 heavy (non-hydrogen) atoms. The fourth-order valence-corrected chi connectivity index (χ4v) is 6.11. The number of aliphatic hydroxyl groups excluding tert-OH is 2. The normalized spacial score (nSPS) is 18.6. The molecule has 10 heteroatoms. The number of hydrogen-bond donors (Lipinski definition) is 4. The summed E-state index contributed by atoms with van der Waals surface area (Å²) in [5, 5.41) is 25.6. The number of aliphatic hydroxyl groups is 2. The van der Waals surface area contributed by atoms with E-state index in [0.717, 1.165) is 36.8 Å². The first kappa shape index (κ1) is 38.5. The van der Waals surface area contributed by atoms with Crippen LogP contribution in [-0.2, 0) is 18.8 Å². The zero-order valence-electron chi connectivity index (χ0n) is 28.7. The minimum absolute atomic E-state index is 0.00618. The molecule has 1 aromatic carbocycles. The maximum Gasteiger partial charge on any atom is 0.246 e. The van der Waals surface area contributed by atoms with Crippen molar-refractivity contribution in [2.24, 2.45) is 5.41 Å². The molecule has 0 aliphatic carbocycles. The van der Waals surface area contributed by atoms with E-state index in [1.54, 1.807) is 0 Å². The molecule has 9 nitrogen and oxygen atoms in total. The van der Waals surface area contributed by atoms with Crippen LogP contribution in [0, 0.1) is 17.8 Å². The van der Waals surface area contributed by atoms with Crippen molar-refractivity contribution in [1.82, 2.24) is 15.5 Å². The van der Waals surface area contributed by atoms with Crippen LogP contribution in [0.5, 0.6) is 0 Å². The van der Waals surface area contributed by atoms with E-state index in [2.05, 4.69) is 50.4 Å². The van der Waals surface area contributed by atoms with E-state index in [1.807, 2.05) is 45.0 Å². The van der Waals surface area contributed by atoms with Crippen LogP contribution in [0.1, 0.15) is 104 Å². The van der Waals surface area contributed by atoms with Gasteiger partial charge in [0.15, 0.2) is 8.32 Å². The Balaban J connectivity index is 2.23. The van der Waals surface area contributed by atoms with Crippen LogP contribution in [0.2, 0.25) is 18.1 Å². The molecule has 1 aromatic rings. The standard InChI is InChI=1S/C35H57N3O6Si/c1-10-25-17-19-26(20-18-25)28(24-44-45(8,9)35(5,6)7)36-32(42)29-22-27(40)23-38(29)33(43)31(34(2,3)4)37-30(41)16-14-12-11-13-15-21-39/h1,17-20,27-29,31,39-40H,11-16,21-24H2,2-9H3,(H,36,42)(H,37,41)/t27-,28+,29+,31?/m1/s1. The van der Waals surface area contributed by atoms with Crippen molar-refractivity contribution in [1.29, 1.82) is 0 Å². The summed E-state index contributed by atoms with van der Waals surface area (Å²) in [5.41, 5.74) is 0.927. The molecule has 1 fully saturated rings. The molecule has 1 unspecified atom stereocenters. The second-order valence-corrected chi connectivity index (χ2v) is 19.7. The molecule has 0 aromatic heterocycles. The number of nitrogens with one attached hydrogen (secondary N) is 2. The second kappa shape index (κ2) is 16.7. The van der Waals surface area contributed by atoms with Gasteiger partial charge in [-0.05, 0) is 54.1 Å². The number of carbonyl (C=O) groups excluding carboxylic acids is 3. The molecular weight excluding hydrogens is 586 g/mol. The Morgan fingerprint density at radius 1 is 1.02 bits per heavy atom. The molecule has 2 rings (SSSR count). The highest BCUT2D eigenvalue weighted by atomic mass is 28.4. The van der Waals surface area contributed by atoms with E-state index in [0.29, 0.717) is 12.8 Å². The molecule has 3 amide bonds. The second-order valence-electron chi connectivity index (χ2n) is 14.9. The Bertz CT molecular complexity index is 1170. The van der Waals surface area contributed by atoms with Crippen molar-refractivity contribution >= 4 is 26.0 Å². The molecule has 1 aliphatic heterocycles. The lowest BCUT2D eigenvalue weighted by Gasteiger charge is -2.38. The zero-order chi connectivity index (χ0) is 34.0. The molecule has 0 spiro atoms. The lowest BCUT2D eigenvalue weighted by atomic mass is 9.85. The summed E-state index contributed by atoms with van der Waals surface area (Å²) in [6, 6.07) is 5.13. The quantitative estimate of drug-likeness (QED) is 0.125. The van der Waals surface area contributed by atoms with Crippen molar-refractivity contribution in [2.75, 3.05) is 19.8 Å². The smallest absolute Gasteiger partial charge is 0.246 e. The van der Waals surface area contributed by atoms with Gasteiger partial charge < -0.3 is 30.2 Å². The van der Waals surface area contributed by atoms with Gasteiger partial charge >= 0.3 is 0 Å². The molecule has 252 valence electrons. The van der Waals surface area contributed by atoms with E-state index in [4.69, 9.17) is 16.0 Å². The molecule has 0 radical (unpaired) electrons. The fourth-order valence-electron chi connectivity index (χ4n) is 5.09. The number of benzene rings is 1. The van der Waals surface area contributed by atoms with Gasteiger partial charge in [0.25, 0.3) is 0 Å². The van der Waals surface area contributed by atoms with Crippen molar-refractivity contribution in [2.45, 2.75) is 129 Å². The molecule has 0 bridgehead atoms. The zero-order valence-corrected chi connectivity index (χ0v) is 29.7. The number of hydrogen-bond acceptors (Lipinski definition) is 6. The van der Waals surface area contributed by atoms with Gasteiger partial charge in [-0.1, -0.05) is 78.9 Å². The average molecular weight is 644 g/mol. The third-order valence-electron chi connectivity index (χ3n) is 9.06. The third kappa shape index (κ3) is 11.5. The molecule has 1 saturated heterocycles. The Labute approximate surface area is 272 Å². The van der Waals surface area contributed by atoms with Gasteiger partial charge in [0.1, 0.15) is 12.1 Å². The Hall–Kier alpha value is -2.71. The van der Waals surface area contributed by atoms with Crippen molar-refractivity contribution in [3.05, 3.63) is 35.4 Å². The summed E-state index contributed by atoms with van der Waals surface area (Å²) < 4.78 is 6.51. The van der Waals surface area contributed by atoms with Crippen LogP contribution in [-0.4, -0.2) is 79.1 Å². The topological polar surface area (TPSA) is 128 Å². The lowest BCUT2D eigenvalue weighted by Crippen LogP contribution is -2.58. The van der Waals surface area contributed by atoms with Crippen LogP contribution in [0.3, 0.4) is 0 Å². The van der Waals surface area contributed by atoms with Crippen LogP contribution < -0.4 is 10.6 Å². The van der Waals surface area contributed by atoms with Gasteiger partial charge in [-0.25, -0.2) is 0 Å². The molecule has 1 aliphatic rings. The first-order valence-electron chi connectivity index (χ1n) is 16.3. The average Bonchev–Trinajstić information content (AvgIpc) is 3.36.